The Bertz CT molecular complexity index is 1580. The zero-order chi connectivity index (χ0) is 23.2. The summed E-state index contributed by atoms with van der Waals surface area (Å²) in [6, 6.07) is 7.59. The zero-order valence-corrected chi connectivity index (χ0v) is 18.7. The Morgan fingerprint density at radius 1 is 1.26 bits per heavy atom. The van der Waals surface area contributed by atoms with E-state index in [2.05, 4.69) is 30.8 Å². The molecule has 1 amide bonds. The molecule has 6 rings (SSSR count). The third-order valence-electron chi connectivity index (χ3n) is 5.53. The number of pyridine rings is 1. The minimum Gasteiger partial charge on any atom is -0.494 e. The maximum atomic E-state index is 11.4. The summed E-state index contributed by atoms with van der Waals surface area (Å²) >= 11 is 1.74. The second kappa shape index (κ2) is 7.92. The predicted molar refractivity (Wildman–Crippen MR) is 128 cm³/mol. The van der Waals surface area contributed by atoms with E-state index < -0.39 is 6.09 Å². The number of carboxylic acid groups (broad SMARTS) is 1. The third kappa shape index (κ3) is 3.27. The Hall–Kier alpha value is -4.32. The van der Waals surface area contributed by atoms with Crippen LogP contribution >= 0.6 is 11.8 Å². The van der Waals surface area contributed by atoms with Gasteiger partial charge in [0.25, 0.3) is 0 Å². The number of methoxy groups -OCH3 is 1. The van der Waals surface area contributed by atoms with Gasteiger partial charge in [0.15, 0.2) is 11.5 Å². The molecule has 0 bridgehead atoms. The standard InChI is InChI=1S/C22H18N8O3S/c1-33-18-8-15-19(34-6-4-23-15)9-17(18)30-16-7-14(12-11-26-29-5-2-3-24-21(12)29)25-10-13(16)20(28-30)27-22(31)32/h2-3,5,7-11,23H,4,6H2,1H3,(H,27,28)(H,31,32). The number of amides is 1. The first-order valence-electron chi connectivity index (χ1n) is 10.4. The monoisotopic (exact) mass is 474 g/mol. The molecule has 0 unspecified atom stereocenters. The molecule has 12 heteroatoms. The summed E-state index contributed by atoms with van der Waals surface area (Å²) in [5.74, 6) is 1.74. The van der Waals surface area contributed by atoms with Gasteiger partial charge in [0.1, 0.15) is 11.4 Å². The minimum absolute atomic E-state index is 0.185. The zero-order valence-electron chi connectivity index (χ0n) is 17.9. The van der Waals surface area contributed by atoms with E-state index in [1.165, 1.54) is 0 Å². The molecule has 34 heavy (non-hydrogen) atoms. The highest BCUT2D eigenvalue weighted by molar-refractivity contribution is 7.99. The van der Waals surface area contributed by atoms with Gasteiger partial charge in [0.2, 0.25) is 0 Å². The average molecular weight is 475 g/mol. The predicted octanol–water partition coefficient (Wildman–Crippen LogP) is 3.75. The van der Waals surface area contributed by atoms with Crippen LogP contribution in [0, 0.1) is 0 Å². The SMILES string of the molecule is COc1cc2c(cc1-n1nc(NC(=O)O)c3cnc(-c4cnn5cccnc45)cc31)SCCN2. The van der Waals surface area contributed by atoms with Crippen molar-refractivity contribution in [1.82, 2.24) is 29.4 Å². The number of aromatic nitrogens is 6. The lowest BCUT2D eigenvalue weighted by molar-refractivity contribution is 0.209. The molecular weight excluding hydrogens is 456 g/mol. The van der Waals surface area contributed by atoms with Crippen molar-refractivity contribution in [1.29, 1.82) is 0 Å². The second-order valence-electron chi connectivity index (χ2n) is 7.52. The summed E-state index contributed by atoms with van der Waals surface area (Å²) in [7, 11) is 1.60. The Morgan fingerprint density at radius 3 is 3.03 bits per heavy atom. The van der Waals surface area contributed by atoms with E-state index in [-0.39, 0.29) is 5.82 Å². The van der Waals surface area contributed by atoms with Crippen molar-refractivity contribution < 1.29 is 14.6 Å². The Balaban J connectivity index is 1.59. The molecule has 170 valence electrons. The van der Waals surface area contributed by atoms with Crippen molar-refractivity contribution in [3.8, 4) is 22.7 Å². The average Bonchev–Trinajstić information content (AvgIpc) is 3.44. The van der Waals surface area contributed by atoms with Gasteiger partial charge in [-0.1, -0.05) is 0 Å². The highest BCUT2D eigenvalue weighted by atomic mass is 32.2. The van der Waals surface area contributed by atoms with Gasteiger partial charge >= 0.3 is 6.09 Å². The number of hydrogen-bond donors (Lipinski definition) is 3. The molecule has 1 aliphatic rings. The van der Waals surface area contributed by atoms with E-state index in [1.807, 2.05) is 24.4 Å². The number of hydrogen-bond acceptors (Lipinski definition) is 8. The van der Waals surface area contributed by atoms with Gasteiger partial charge in [-0.05, 0) is 18.2 Å². The number of anilines is 2. The van der Waals surface area contributed by atoms with E-state index in [1.54, 1.807) is 52.7 Å². The van der Waals surface area contributed by atoms with E-state index in [0.717, 1.165) is 28.4 Å². The van der Waals surface area contributed by atoms with Crippen LogP contribution in [0.1, 0.15) is 0 Å². The molecule has 3 N–H and O–H groups in total. The topological polar surface area (TPSA) is 131 Å². The lowest BCUT2D eigenvalue weighted by atomic mass is 10.2. The molecule has 4 aromatic heterocycles. The molecule has 0 saturated carbocycles. The fourth-order valence-corrected chi connectivity index (χ4v) is 4.93. The van der Waals surface area contributed by atoms with Gasteiger partial charge in [0.05, 0.1) is 41.2 Å². The van der Waals surface area contributed by atoms with Crippen LogP contribution in [0.15, 0.2) is 53.9 Å². The number of thioether (sulfide) groups is 1. The second-order valence-corrected chi connectivity index (χ2v) is 8.66. The van der Waals surface area contributed by atoms with Gasteiger partial charge in [-0.25, -0.2) is 19.0 Å². The largest absolute Gasteiger partial charge is 0.494 e. The molecule has 0 spiro atoms. The number of fused-ring (bicyclic) bond motifs is 3. The van der Waals surface area contributed by atoms with Crippen LogP contribution in [0.5, 0.6) is 5.75 Å². The molecule has 5 heterocycles. The molecule has 1 aromatic carbocycles. The summed E-state index contributed by atoms with van der Waals surface area (Å²) in [4.78, 5) is 21.5. The quantitative estimate of drug-likeness (QED) is 0.356. The van der Waals surface area contributed by atoms with Crippen LogP contribution in [0.25, 0.3) is 33.5 Å². The van der Waals surface area contributed by atoms with E-state index >= 15 is 0 Å². The van der Waals surface area contributed by atoms with Crippen LogP contribution in [-0.4, -0.2) is 60.0 Å². The summed E-state index contributed by atoms with van der Waals surface area (Å²) < 4.78 is 9.03. The fraction of sp³-hybridized carbons (Fsp3) is 0.136. The van der Waals surface area contributed by atoms with Crippen LogP contribution < -0.4 is 15.4 Å². The number of rotatable bonds is 4. The normalized spacial score (nSPS) is 13.0. The molecule has 11 nitrogen and oxygen atoms in total. The maximum absolute atomic E-state index is 11.4. The van der Waals surface area contributed by atoms with Crippen LogP contribution in [0.2, 0.25) is 0 Å². The van der Waals surface area contributed by atoms with Crippen molar-refractivity contribution in [3.63, 3.8) is 0 Å². The lowest BCUT2D eigenvalue weighted by Crippen LogP contribution is -2.12. The number of benzene rings is 1. The molecular formula is C22H18N8O3S. The van der Waals surface area contributed by atoms with Crippen LogP contribution in [0.3, 0.4) is 0 Å². The van der Waals surface area contributed by atoms with Crippen LogP contribution in [-0.2, 0) is 0 Å². The molecule has 0 fully saturated rings. The van der Waals surface area contributed by atoms with Gasteiger partial charge in [-0.3, -0.25) is 10.3 Å². The summed E-state index contributed by atoms with van der Waals surface area (Å²) in [5, 5.41) is 24.6. The van der Waals surface area contributed by atoms with Crippen molar-refractivity contribution in [3.05, 3.63) is 49.1 Å². The van der Waals surface area contributed by atoms with Gasteiger partial charge in [-0.15, -0.1) is 16.9 Å². The smallest absolute Gasteiger partial charge is 0.410 e. The number of carbonyl (C=O) groups is 1. The van der Waals surface area contributed by atoms with E-state index in [4.69, 9.17) is 4.74 Å². The van der Waals surface area contributed by atoms with E-state index in [9.17, 15) is 9.90 Å². The van der Waals surface area contributed by atoms with Gasteiger partial charge in [0, 0.05) is 41.8 Å². The Labute approximate surface area is 196 Å². The molecule has 5 aromatic rings. The highest BCUT2D eigenvalue weighted by Gasteiger charge is 2.21. The van der Waals surface area contributed by atoms with Crippen molar-refractivity contribution >= 4 is 45.9 Å². The van der Waals surface area contributed by atoms with Crippen molar-refractivity contribution in [2.45, 2.75) is 4.90 Å². The van der Waals surface area contributed by atoms with Gasteiger partial charge in [-0.2, -0.15) is 5.10 Å². The maximum Gasteiger partial charge on any atom is 0.410 e. The molecule has 0 aliphatic carbocycles. The lowest BCUT2D eigenvalue weighted by Gasteiger charge is -2.20. The molecule has 0 atom stereocenters. The van der Waals surface area contributed by atoms with Gasteiger partial charge < -0.3 is 15.2 Å². The Morgan fingerprint density at radius 2 is 2.18 bits per heavy atom. The minimum atomic E-state index is -1.21. The first-order chi connectivity index (χ1) is 16.6. The summed E-state index contributed by atoms with van der Waals surface area (Å²) in [6.07, 6.45) is 5.61. The van der Waals surface area contributed by atoms with E-state index in [0.29, 0.717) is 33.7 Å². The summed E-state index contributed by atoms with van der Waals surface area (Å²) in [6.45, 7) is 0.875. The number of nitrogens with one attached hydrogen (secondary N) is 2. The van der Waals surface area contributed by atoms with Crippen molar-refractivity contribution in [2.75, 3.05) is 30.0 Å². The first kappa shape index (κ1) is 20.3. The number of nitrogens with zero attached hydrogens (tertiary/aromatic N) is 6. The first-order valence-corrected chi connectivity index (χ1v) is 11.4. The highest BCUT2D eigenvalue weighted by Crippen LogP contribution is 2.40. The third-order valence-corrected chi connectivity index (χ3v) is 6.59. The van der Waals surface area contributed by atoms with Crippen LogP contribution in [0.4, 0.5) is 16.3 Å². The Kier molecular flexibility index (Phi) is 4.73. The molecule has 1 aliphatic heterocycles. The summed E-state index contributed by atoms with van der Waals surface area (Å²) in [5.41, 5.74) is 4.40. The molecule has 0 saturated heterocycles. The van der Waals surface area contributed by atoms with Crippen molar-refractivity contribution in [2.24, 2.45) is 0 Å². The molecule has 0 radical (unpaired) electrons. The number of ether oxygens (including phenoxy) is 1. The fourth-order valence-electron chi connectivity index (χ4n) is 4.03.